The molecule has 0 unspecified atom stereocenters. The lowest BCUT2D eigenvalue weighted by Crippen LogP contribution is -2.06. The monoisotopic (exact) mass is 368 g/mol. The van der Waals surface area contributed by atoms with E-state index < -0.39 is 9.84 Å². The molecule has 3 rings (SSSR count). The summed E-state index contributed by atoms with van der Waals surface area (Å²) in [7, 11) is 0.376. The maximum Gasteiger partial charge on any atom is 0.154 e. The van der Waals surface area contributed by atoms with Gasteiger partial charge < -0.3 is 9.30 Å². The van der Waals surface area contributed by atoms with E-state index in [0.29, 0.717) is 11.3 Å². The Balaban J connectivity index is 2.20. The van der Waals surface area contributed by atoms with Crippen molar-refractivity contribution in [2.75, 3.05) is 12.9 Å². The topological polar surface area (TPSA) is 72.1 Å². The number of nitrogens with zero attached hydrogens (tertiary/aromatic N) is 2. The van der Waals surface area contributed by atoms with Crippen molar-refractivity contribution in [1.29, 1.82) is 5.26 Å². The van der Waals surface area contributed by atoms with Gasteiger partial charge in [0.1, 0.15) is 11.8 Å². The van der Waals surface area contributed by atoms with Gasteiger partial charge in [0.05, 0.1) is 24.1 Å². The standard InChI is InChI=1S/C20H20N2O3S/c1-4-26(23,24)13-14-6-5-7-15(10-14)20-18(12-21)17-11-16(25-3)8-9-19(17)22(20)2/h5-11H,4,13H2,1-3H3. The Labute approximate surface area is 153 Å². The van der Waals surface area contributed by atoms with Crippen LogP contribution in [0.25, 0.3) is 22.2 Å². The second-order valence-electron chi connectivity index (χ2n) is 6.15. The van der Waals surface area contributed by atoms with Gasteiger partial charge in [-0.3, -0.25) is 0 Å². The summed E-state index contributed by atoms with van der Waals surface area (Å²) in [6.45, 7) is 1.64. The zero-order valence-corrected chi connectivity index (χ0v) is 15.8. The van der Waals surface area contributed by atoms with Crippen LogP contribution >= 0.6 is 0 Å². The third kappa shape index (κ3) is 3.18. The van der Waals surface area contributed by atoms with Gasteiger partial charge in [-0.25, -0.2) is 8.42 Å². The number of hydrogen-bond acceptors (Lipinski definition) is 4. The molecule has 0 saturated carbocycles. The molecular weight excluding hydrogens is 348 g/mol. The van der Waals surface area contributed by atoms with E-state index in [1.54, 1.807) is 20.1 Å². The van der Waals surface area contributed by atoms with Crippen LogP contribution in [0.5, 0.6) is 5.75 Å². The molecule has 3 aromatic rings. The highest BCUT2D eigenvalue weighted by Gasteiger charge is 2.18. The van der Waals surface area contributed by atoms with Crippen LogP contribution in [-0.4, -0.2) is 25.8 Å². The fourth-order valence-electron chi connectivity index (χ4n) is 3.17. The fourth-order valence-corrected chi connectivity index (χ4v) is 4.06. The predicted octanol–water partition coefficient (Wildman–Crippen LogP) is 3.66. The Morgan fingerprint density at radius 3 is 2.62 bits per heavy atom. The number of ether oxygens (including phenoxy) is 1. The first-order valence-electron chi connectivity index (χ1n) is 8.26. The van der Waals surface area contributed by atoms with Gasteiger partial charge in [-0.1, -0.05) is 25.1 Å². The molecule has 134 valence electrons. The molecule has 0 amide bonds. The molecule has 2 aromatic carbocycles. The van der Waals surface area contributed by atoms with Gasteiger partial charge in [0, 0.05) is 23.7 Å². The van der Waals surface area contributed by atoms with Gasteiger partial charge >= 0.3 is 0 Å². The molecule has 0 bridgehead atoms. The van der Waals surface area contributed by atoms with Gasteiger partial charge in [-0.15, -0.1) is 0 Å². The molecule has 0 saturated heterocycles. The van der Waals surface area contributed by atoms with Crippen molar-refractivity contribution in [1.82, 2.24) is 4.57 Å². The Morgan fingerprint density at radius 2 is 1.96 bits per heavy atom. The molecule has 0 N–H and O–H groups in total. The number of hydrogen-bond donors (Lipinski definition) is 0. The van der Waals surface area contributed by atoms with E-state index in [-0.39, 0.29) is 11.5 Å². The van der Waals surface area contributed by atoms with Crippen molar-refractivity contribution in [3.63, 3.8) is 0 Å². The van der Waals surface area contributed by atoms with Crippen molar-refractivity contribution in [3.05, 3.63) is 53.6 Å². The molecule has 1 aromatic heterocycles. The zero-order chi connectivity index (χ0) is 18.9. The SMILES string of the molecule is CCS(=O)(=O)Cc1cccc(-c2c(C#N)c3cc(OC)ccc3n2C)c1. The second-order valence-corrected chi connectivity index (χ2v) is 8.51. The highest BCUT2D eigenvalue weighted by Crippen LogP contribution is 2.34. The molecule has 5 nitrogen and oxygen atoms in total. The first kappa shape index (κ1) is 18.0. The Morgan fingerprint density at radius 1 is 1.19 bits per heavy atom. The molecular formula is C20H20N2O3S. The van der Waals surface area contributed by atoms with Crippen molar-refractivity contribution in [3.8, 4) is 23.1 Å². The number of benzene rings is 2. The van der Waals surface area contributed by atoms with Crippen molar-refractivity contribution in [2.45, 2.75) is 12.7 Å². The molecule has 0 aliphatic carbocycles. The van der Waals surface area contributed by atoms with Crippen LogP contribution in [0.15, 0.2) is 42.5 Å². The lowest BCUT2D eigenvalue weighted by molar-refractivity contribution is 0.415. The Bertz CT molecular complexity index is 1120. The van der Waals surface area contributed by atoms with Crippen LogP contribution in [-0.2, 0) is 22.6 Å². The molecule has 0 radical (unpaired) electrons. The highest BCUT2D eigenvalue weighted by molar-refractivity contribution is 7.90. The van der Waals surface area contributed by atoms with Crippen molar-refractivity contribution >= 4 is 20.7 Å². The number of methoxy groups -OCH3 is 1. The molecule has 0 fully saturated rings. The smallest absolute Gasteiger partial charge is 0.154 e. The van der Waals surface area contributed by atoms with Crippen LogP contribution in [0.1, 0.15) is 18.1 Å². The highest BCUT2D eigenvalue weighted by atomic mass is 32.2. The summed E-state index contributed by atoms with van der Waals surface area (Å²) < 4.78 is 31.1. The molecule has 26 heavy (non-hydrogen) atoms. The third-order valence-corrected chi connectivity index (χ3v) is 6.20. The number of aromatic nitrogens is 1. The van der Waals surface area contributed by atoms with E-state index in [9.17, 15) is 13.7 Å². The maximum atomic E-state index is 11.9. The largest absolute Gasteiger partial charge is 0.497 e. The predicted molar refractivity (Wildman–Crippen MR) is 103 cm³/mol. The summed E-state index contributed by atoms with van der Waals surface area (Å²) in [5.41, 5.74) is 3.78. The normalized spacial score (nSPS) is 11.5. The maximum absolute atomic E-state index is 11.9. The summed E-state index contributed by atoms with van der Waals surface area (Å²) in [5, 5.41) is 10.6. The van der Waals surface area contributed by atoms with Gasteiger partial charge in [-0.05, 0) is 35.4 Å². The van der Waals surface area contributed by atoms with Gasteiger partial charge in [-0.2, -0.15) is 5.26 Å². The summed E-state index contributed by atoms with van der Waals surface area (Å²) in [6.07, 6.45) is 0. The first-order chi connectivity index (χ1) is 12.4. The summed E-state index contributed by atoms with van der Waals surface area (Å²) in [4.78, 5) is 0. The third-order valence-electron chi connectivity index (χ3n) is 4.55. The minimum atomic E-state index is -3.12. The molecule has 0 aliphatic rings. The minimum Gasteiger partial charge on any atom is -0.497 e. The van der Waals surface area contributed by atoms with Gasteiger partial charge in [0.15, 0.2) is 9.84 Å². The Hall–Kier alpha value is -2.78. The minimum absolute atomic E-state index is 0.00298. The molecule has 0 aliphatic heterocycles. The fraction of sp³-hybridized carbons (Fsp3) is 0.250. The van der Waals surface area contributed by atoms with Crippen LogP contribution in [0.2, 0.25) is 0 Å². The van der Waals surface area contributed by atoms with Gasteiger partial charge in [0.25, 0.3) is 0 Å². The van der Waals surface area contributed by atoms with Gasteiger partial charge in [0.2, 0.25) is 0 Å². The van der Waals surface area contributed by atoms with E-state index in [4.69, 9.17) is 4.74 Å². The van der Waals surface area contributed by atoms with Crippen molar-refractivity contribution < 1.29 is 13.2 Å². The Kier molecular flexibility index (Phi) is 4.75. The summed E-state index contributed by atoms with van der Waals surface area (Å²) in [5.74, 6) is 0.792. The average Bonchev–Trinajstić information content (AvgIpc) is 2.92. The zero-order valence-electron chi connectivity index (χ0n) is 15.0. The van der Waals surface area contributed by atoms with Crippen LogP contribution in [0.4, 0.5) is 0 Å². The number of rotatable bonds is 5. The van der Waals surface area contributed by atoms with Crippen LogP contribution in [0, 0.1) is 11.3 Å². The quantitative estimate of drug-likeness (QED) is 0.689. The first-order valence-corrected chi connectivity index (χ1v) is 10.1. The number of aryl methyl sites for hydroxylation is 1. The summed E-state index contributed by atoms with van der Waals surface area (Å²) >= 11 is 0. The van der Waals surface area contributed by atoms with Crippen LogP contribution < -0.4 is 4.74 Å². The van der Waals surface area contributed by atoms with Crippen molar-refractivity contribution in [2.24, 2.45) is 7.05 Å². The van der Waals surface area contributed by atoms with E-state index in [1.807, 2.05) is 48.0 Å². The van der Waals surface area contributed by atoms with E-state index in [1.165, 1.54) is 0 Å². The van der Waals surface area contributed by atoms with E-state index >= 15 is 0 Å². The molecule has 0 spiro atoms. The average molecular weight is 368 g/mol. The molecule has 1 heterocycles. The number of sulfone groups is 1. The lowest BCUT2D eigenvalue weighted by Gasteiger charge is -2.08. The van der Waals surface area contributed by atoms with E-state index in [0.717, 1.165) is 27.7 Å². The lowest BCUT2D eigenvalue weighted by atomic mass is 10.0. The number of nitriles is 1. The number of fused-ring (bicyclic) bond motifs is 1. The summed E-state index contributed by atoms with van der Waals surface area (Å²) in [6, 6.07) is 15.3. The molecule has 0 atom stereocenters. The van der Waals surface area contributed by atoms with E-state index in [2.05, 4.69) is 6.07 Å². The molecule has 6 heteroatoms. The second kappa shape index (κ2) is 6.85. The van der Waals surface area contributed by atoms with Crippen LogP contribution in [0.3, 0.4) is 0 Å².